The van der Waals surface area contributed by atoms with Crippen LogP contribution in [0.4, 0.5) is 0 Å². The smallest absolute Gasteiger partial charge is 0.314 e. The van der Waals surface area contributed by atoms with Crippen LogP contribution in [0.2, 0.25) is 0 Å². The van der Waals surface area contributed by atoms with Crippen molar-refractivity contribution in [2.24, 2.45) is 10.8 Å². The molecule has 1 aromatic carbocycles. The van der Waals surface area contributed by atoms with Crippen molar-refractivity contribution in [3.63, 3.8) is 0 Å². The normalized spacial score (nSPS) is 29.8. The summed E-state index contributed by atoms with van der Waals surface area (Å²) in [7, 11) is 1.55. The summed E-state index contributed by atoms with van der Waals surface area (Å²) in [5.41, 5.74) is 0.923. The number of methoxy groups -OCH3 is 1. The Morgan fingerprint density at radius 2 is 1.85 bits per heavy atom. The van der Waals surface area contributed by atoms with E-state index in [0.29, 0.717) is 17.7 Å². The second-order valence-corrected chi connectivity index (χ2v) is 9.32. The second kappa shape index (κ2) is 5.90. The SMILES string of the molecule is COc1c(C(C)C)cc2c(c1O)[C@@]1(C(=O)O)CCCC(C)(C)[C@]1(C)CC2. The lowest BCUT2D eigenvalue weighted by molar-refractivity contribution is -0.163. The number of phenolic OH excluding ortho intramolecular Hbond substituents is 1. The minimum absolute atomic E-state index is 0.0414. The molecule has 3 rings (SSSR count). The molecular formula is C22H32O4. The first-order chi connectivity index (χ1) is 12.0. The molecule has 1 fully saturated rings. The van der Waals surface area contributed by atoms with Gasteiger partial charge in [-0.1, -0.05) is 47.1 Å². The van der Waals surface area contributed by atoms with Gasteiger partial charge in [0.2, 0.25) is 0 Å². The van der Waals surface area contributed by atoms with Crippen molar-refractivity contribution in [1.82, 2.24) is 0 Å². The summed E-state index contributed by atoms with van der Waals surface area (Å²) >= 11 is 0. The van der Waals surface area contributed by atoms with E-state index in [2.05, 4.69) is 40.7 Å². The predicted octanol–water partition coefficient (Wildman–Crippen LogP) is 5.01. The zero-order chi connectivity index (χ0) is 19.5. The topological polar surface area (TPSA) is 66.8 Å². The van der Waals surface area contributed by atoms with E-state index in [1.165, 1.54) is 0 Å². The van der Waals surface area contributed by atoms with Gasteiger partial charge in [-0.05, 0) is 48.0 Å². The summed E-state index contributed by atoms with van der Waals surface area (Å²) in [6.07, 6.45) is 4.04. The second-order valence-electron chi connectivity index (χ2n) is 9.32. The Hall–Kier alpha value is -1.71. The molecule has 1 saturated carbocycles. The van der Waals surface area contributed by atoms with Crippen LogP contribution in [0, 0.1) is 10.8 Å². The van der Waals surface area contributed by atoms with Crippen molar-refractivity contribution in [2.75, 3.05) is 7.11 Å². The highest BCUT2D eigenvalue weighted by atomic mass is 16.5. The molecule has 2 atom stereocenters. The summed E-state index contributed by atoms with van der Waals surface area (Å²) in [6.45, 7) is 10.6. The lowest BCUT2D eigenvalue weighted by atomic mass is 9.41. The molecular weight excluding hydrogens is 328 g/mol. The Bertz CT molecular complexity index is 749. The summed E-state index contributed by atoms with van der Waals surface area (Å²) in [4.78, 5) is 12.8. The Morgan fingerprint density at radius 1 is 1.19 bits per heavy atom. The fourth-order valence-corrected chi connectivity index (χ4v) is 5.76. The molecule has 0 unspecified atom stereocenters. The number of aryl methyl sites for hydroxylation is 1. The number of benzene rings is 1. The summed E-state index contributed by atoms with van der Waals surface area (Å²) in [5, 5.41) is 21.7. The van der Waals surface area contributed by atoms with Crippen LogP contribution in [0.15, 0.2) is 6.07 Å². The van der Waals surface area contributed by atoms with Gasteiger partial charge in [-0.25, -0.2) is 0 Å². The molecule has 2 aliphatic rings. The van der Waals surface area contributed by atoms with E-state index < -0.39 is 16.8 Å². The quantitative estimate of drug-likeness (QED) is 0.795. The van der Waals surface area contributed by atoms with Crippen molar-refractivity contribution in [3.8, 4) is 11.5 Å². The third-order valence-corrected chi connectivity index (χ3v) is 7.67. The lowest BCUT2D eigenvalue weighted by Crippen LogP contribution is -2.61. The average molecular weight is 360 g/mol. The summed E-state index contributed by atoms with van der Waals surface area (Å²) in [6, 6.07) is 2.07. The zero-order valence-electron chi connectivity index (χ0n) is 16.9. The Kier molecular flexibility index (Phi) is 4.33. The zero-order valence-corrected chi connectivity index (χ0v) is 16.9. The van der Waals surface area contributed by atoms with Crippen molar-refractivity contribution in [3.05, 3.63) is 22.8 Å². The molecule has 0 radical (unpaired) electrons. The van der Waals surface area contributed by atoms with Gasteiger partial charge in [0.25, 0.3) is 0 Å². The largest absolute Gasteiger partial charge is 0.504 e. The standard InChI is InChI=1S/C22H32O4/c1-13(2)15-12-14-8-11-21(5)20(3,4)9-7-10-22(21,19(24)25)16(14)17(23)18(15)26-6/h12-13,23H,7-11H2,1-6H3,(H,24,25)/t21-,22+/m0/s1. The van der Waals surface area contributed by atoms with Crippen molar-refractivity contribution in [1.29, 1.82) is 0 Å². The first-order valence-electron chi connectivity index (χ1n) is 9.70. The molecule has 0 bridgehead atoms. The number of carboxylic acids is 1. The van der Waals surface area contributed by atoms with E-state index >= 15 is 0 Å². The fourth-order valence-electron chi connectivity index (χ4n) is 5.76. The van der Waals surface area contributed by atoms with Crippen LogP contribution in [0.3, 0.4) is 0 Å². The third-order valence-electron chi connectivity index (χ3n) is 7.67. The third kappa shape index (κ3) is 2.17. The maximum Gasteiger partial charge on any atom is 0.314 e. The Labute approximate surface area is 156 Å². The van der Waals surface area contributed by atoms with Gasteiger partial charge in [0.1, 0.15) is 5.41 Å². The van der Waals surface area contributed by atoms with Crippen LogP contribution >= 0.6 is 0 Å². The predicted molar refractivity (Wildman–Crippen MR) is 102 cm³/mol. The Balaban J connectivity index is 2.39. The number of aliphatic carboxylic acids is 1. The number of carboxylic acid groups (broad SMARTS) is 1. The minimum Gasteiger partial charge on any atom is -0.504 e. The van der Waals surface area contributed by atoms with Gasteiger partial charge < -0.3 is 14.9 Å². The number of ether oxygens (including phenoxy) is 1. The molecule has 4 heteroatoms. The lowest BCUT2D eigenvalue weighted by Gasteiger charge is -2.61. The highest BCUT2D eigenvalue weighted by Gasteiger charge is 2.65. The van der Waals surface area contributed by atoms with Crippen molar-refractivity contribution >= 4 is 5.97 Å². The first kappa shape index (κ1) is 19.1. The molecule has 4 nitrogen and oxygen atoms in total. The monoisotopic (exact) mass is 360 g/mol. The number of aromatic hydroxyl groups is 1. The van der Waals surface area contributed by atoms with Crippen LogP contribution in [0.5, 0.6) is 11.5 Å². The molecule has 0 saturated heterocycles. The fraction of sp³-hybridized carbons (Fsp3) is 0.682. The van der Waals surface area contributed by atoms with Gasteiger partial charge in [-0.15, -0.1) is 0 Å². The molecule has 26 heavy (non-hydrogen) atoms. The average Bonchev–Trinajstić information content (AvgIpc) is 2.55. The highest BCUT2D eigenvalue weighted by molar-refractivity contribution is 5.86. The minimum atomic E-state index is -1.07. The number of carbonyl (C=O) groups is 1. The van der Waals surface area contributed by atoms with Gasteiger partial charge >= 0.3 is 5.97 Å². The molecule has 0 amide bonds. The van der Waals surface area contributed by atoms with Gasteiger partial charge in [-0.3, -0.25) is 4.79 Å². The van der Waals surface area contributed by atoms with Crippen LogP contribution in [0.25, 0.3) is 0 Å². The number of fused-ring (bicyclic) bond motifs is 3. The van der Waals surface area contributed by atoms with Crippen LogP contribution < -0.4 is 4.74 Å². The Morgan fingerprint density at radius 3 is 2.38 bits per heavy atom. The molecule has 0 aromatic heterocycles. The maximum absolute atomic E-state index is 12.8. The van der Waals surface area contributed by atoms with E-state index in [-0.39, 0.29) is 17.1 Å². The molecule has 1 aromatic rings. The number of phenols is 1. The van der Waals surface area contributed by atoms with Crippen molar-refractivity contribution < 1.29 is 19.7 Å². The van der Waals surface area contributed by atoms with E-state index in [1.807, 2.05) is 0 Å². The van der Waals surface area contributed by atoms with E-state index in [9.17, 15) is 15.0 Å². The van der Waals surface area contributed by atoms with E-state index in [0.717, 1.165) is 36.8 Å². The van der Waals surface area contributed by atoms with Crippen LogP contribution in [-0.2, 0) is 16.6 Å². The molecule has 144 valence electrons. The molecule has 0 aliphatic heterocycles. The van der Waals surface area contributed by atoms with E-state index in [4.69, 9.17) is 4.74 Å². The molecule has 0 spiro atoms. The molecule has 2 N–H and O–H groups in total. The van der Waals surface area contributed by atoms with Gasteiger partial charge in [0.15, 0.2) is 11.5 Å². The van der Waals surface area contributed by atoms with Crippen LogP contribution in [0.1, 0.15) is 82.9 Å². The highest BCUT2D eigenvalue weighted by Crippen LogP contribution is 2.67. The van der Waals surface area contributed by atoms with Crippen LogP contribution in [-0.4, -0.2) is 23.3 Å². The molecule has 0 heterocycles. The number of hydrogen-bond acceptors (Lipinski definition) is 3. The summed E-state index contributed by atoms with van der Waals surface area (Å²) in [5.74, 6) is -0.145. The van der Waals surface area contributed by atoms with Gasteiger partial charge in [-0.2, -0.15) is 0 Å². The molecule has 2 aliphatic carbocycles. The number of hydrogen-bond donors (Lipinski definition) is 2. The number of rotatable bonds is 3. The van der Waals surface area contributed by atoms with E-state index in [1.54, 1.807) is 7.11 Å². The van der Waals surface area contributed by atoms with Gasteiger partial charge in [0.05, 0.1) is 7.11 Å². The maximum atomic E-state index is 12.8. The summed E-state index contributed by atoms with van der Waals surface area (Å²) < 4.78 is 5.55. The van der Waals surface area contributed by atoms with Crippen molar-refractivity contribution in [2.45, 2.75) is 78.1 Å². The first-order valence-corrected chi connectivity index (χ1v) is 9.70. The van der Waals surface area contributed by atoms with Gasteiger partial charge in [0, 0.05) is 11.1 Å².